The average molecular weight is 300 g/mol. The molecule has 0 spiro atoms. The van der Waals surface area contributed by atoms with Crippen molar-refractivity contribution in [2.45, 2.75) is 43.7 Å². The normalized spacial score (nSPS) is 12.6. The molecule has 1 aromatic carbocycles. The van der Waals surface area contributed by atoms with Crippen molar-refractivity contribution in [3.05, 3.63) is 29.8 Å². The lowest BCUT2D eigenvalue weighted by atomic mass is 9.95. The molecule has 0 heterocycles. The predicted octanol–water partition coefficient (Wildman–Crippen LogP) is 1.63. The minimum atomic E-state index is -3.54. The van der Waals surface area contributed by atoms with Gasteiger partial charge in [0.05, 0.1) is 11.5 Å². The van der Waals surface area contributed by atoms with Gasteiger partial charge in [0.15, 0.2) is 0 Å². The lowest BCUT2D eigenvalue weighted by Crippen LogP contribution is -2.49. The Bertz CT molecular complexity index is 525. The molecular weight excluding hydrogens is 276 g/mol. The summed E-state index contributed by atoms with van der Waals surface area (Å²) in [5, 5.41) is 0. The zero-order valence-electron chi connectivity index (χ0n) is 12.3. The number of nitrogens with one attached hydrogen (secondary N) is 1. The van der Waals surface area contributed by atoms with Gasteiger partial charge in [-0.2, -0.15) is 0 Å². The molecule has 3 N–H and O–H groups in total. The molecule has 114 valence electrons. The van der Waals surface area contributed by atoms with Crippen LogP contribution in [0.5, 0.6) is 0 Å². The number of methoxy groups -OCH3 is 1. The van der Waals surface area contributed by atoms with E-state index in [0.29, 0.717) is 6.61 Å². The van der Waals surface area contributed by atoms with E-state index >= 15 is 0 Å². The first-order chi connectivity index (χ1) is 9.37. The van der Waals surface area contributed by atoms with Gasteiger partial charge < -0.3 is 10.5 Å². The maximum Gasteiger partial charge on any atom is 0.240 e. The van der Waals surface area contributed by atoms with Crippen molar-refractivity contribution in [3.63, 3.8) is 0 Å². The summed E-state index contributed by atoms with van der Waals surface area (Å²) in [6.45, 7) is 4.53. The van der Waals surface area contributed by atoms with Crippen molar-refractivity contribution in [1.29, 1.82) is 0 Å². The fraction of sp³-hybridized carbons (Fsp3) is 0.571. The Kier molecular flexibility index (Phi) is 6.13. The van der Waals surface area contributed by atoms with Crippen LogP contribution in [0.25, 0.3) is 0 Å². The van der Waals surface area contributed by atoms with Crippen LogP contribution in [0.3, 0.4) is 0 Å². The van der Waals surface area contributed by atoms with Crippen LogP contribution in [0.1, 0.15) is 32.3 Å². The summed E-state index contributed by atoms with van der Waals surface area (Å²) in [5.41, 5.74) is 6.43. The lowest BCUT2D eigenvalue weighted by Gasteiger charge is -2.26. The fourth-order valence-corrected chi connectivity index (χ4v) is 3.00. The lowest BCUT2D eigenvalue weighted by molar-refractivity contribution is 0.184. The van der Waals surface area contributed by atoms with Gasteiger partial charge in [-0.1, -0.05) is 26.0 Å². The molecule has 0 aliphatic heterocycles. The largest absolute Gasteiger partial charge is 0.380 e. The van der Waals surface area contributed by atoms with Gasteiger partial charge in [-0.3, -0.25) is 0 Å². The van der Waals surface area contributed by atoms with Crippen LogP contribution in [-0.2, 0) is 21.4 Å². The monoisotopic (exact) mass is 300 g/mol. The first-order valence-corrected chi connectivity index (χ1v) is 8.21. The molecular formula is C14H24N2O3S. The third-order valence-corrected chi connectivity index (χ3v) is 4.94. The summed E-state index contributed by atoms with van der Waals surface area (Å²) in [6.07, 6.45) is 1.44. The molecule has 0 amide bonds. The molecule has 0 unspecified atom stereocenters. The summed E-state index contributed by atoms with van der Waals surface area (Å²) < 4.78 is 32.1. The summed E-state index contributed by atoms with van der Waals surface area (Å²) in [4.78, 5) is 0.238. The summed E-state index contributed by atoms with van der Waals surface area (Å²) in [5.74, 6) is 0. The van der Waals surface area contributed by atoms with Gasteiger partial charge >= 0.3 is 0 Å². The molecule has 0 bridgehead atoms. The van der Waals surface area contributed by atoms with Gasteiger partial charge in [0.1, 0.15) is 0 Å². The fourth-order valence-electron chi connectivity index (χ4n) is 1.79. The van der Waals surface area contributed by atoms with E-state index in [4.69, 9.17) is 10.5 Å². The summed E-state index contributed by atoms with van der Waals surface area (Å²) >= 11 is 0. The molecule has 5 nitrogen and oxygen atoms in total. The highest BCUT2D eigenvalue weighted by Gasteiger charge is 2.24. The quantitative estimate of drug-likeness (QED) is 0.764. The third kappa shape index (κ3) is 4.56. The minimum absolute atomic E-state index is 0.233. The highest BCUT2D eigenvalue weighted by molar-refractivity contribution is 7.89. The molecule has 0 aromatic heterocycles. The van der Waals surface area contributed by atoms with Crippen LogP contribution < -0.4 is 10.5 Å². The molecule has 20 heavy (non-hydrogen) atoms. The zero-order valence-corrected chi connectivity index (χ0v) is 13.2. The molecule has 1 rings (SSSR count). The van der Waals surface area contributed by atoms with E-state index in [-0.39, 0.29) is 11.4 Å². The van der Waals surface area contributed by atoms with E-state index in [0.717, 1.165) is 18.4 Å². The topological polar surface area (TPSA) is 81.4 Å². The highest BCUT2D eigenvalue weighted by atomic mass is 32.2. The van der Waals surface area contributed by atoms with E-state index < -0.39 is 15.6 Å². The molecule has 0 atom stereocenters. The Balaban J connectivity index is 2.86. The SMILES string of the molecule is CCC(N)(CC)CNS(=O)(=O)c1cccc(COC)c1. The van der Waals surface area contributed by atoms with Crippen molar-refractivity contribution in [2.75, 3.05) is 13.7 Å². The van der Waals surface area contributed by atoms with Crippen molar-refractivity contribution in [3.8, 4) is 0 Å². The number of rotatable bonds is 8. The number of nitrogens with two attached hydrogens (primary N) is 1. The molecule has 0 aliphatic rings. The van der Waals surface area contributed by atoms with Gasteiger partial charge in [0.25, 0.3) is 0 Å². The maximum atomic E-state index is 12.3. The minimum Gasteiger partial charge on any atom is -0.380 e. The van der Waals surface area contributed by atoms with Crippen LogP contribution >= 0.6 is 0 Å². The van der Waals surface area contributed by atoms with Crippen molar-refractivity contribution in [2.24, 2.45) is 5.73 Å². The smallest absolute Gasteiger partial charge is 0.240 e. The Morgan fingerprint density at radius 2 is 1.95 bits per heavy atom. The van der Waals surface area contributed by atoms with E-state index in [1.54, 1.807) is 25.3 Å². The first kappa shape index (κ1) is 17.1. The number of sulfonamides is 1. The van der Waals surface area contributed by atoms with E-state index in [1.807, 2.05) is 19.9 Å². The van der Waals surface area contributed by atoms with Crippen LogP contribution in [0.4, 0.5) is 0 Å². The Hall–Kier alpha value is -0.950. The molecule has 0 saturated carbocycles. The second-order valence-corrected chi connectivity index (χ2v) is 6.74. The molecule has 6 heteroatoms. The van der Waals surface area contributed by atoms with Crippen molar-refractivity contribution in [1.82, 2.24) is 4.72 Å². The Morgan fingerprint density at radius 1 is 1.30 bits per heavy atom. The number of ether oxygens (including phenoxy) is 1. The summed E-state index contributed by atoms with van der Waals surface area (Å²) in [7, 11) is -1.97. The Labute approximate surface area is 121 Å². The van der Waals surface area contributed by atoms with E-state index in [9.17, 15) is 8.42 Å². The van der Waals surface area contributed by atoms with Gasteiger partial charge in [0.2, 0.25) is 10.0 Å². The number of hydrogen-bond acceptors (Lipinski definition) is 4. The van der Waals surface area contributed by atoms with Gasteiger partial charge in [-0.05, 0) is 30.5 Å². The van der Waals surface area contributed by atoms with Crippen molar-refractivity contribution >= 4 is 10.0 Å². The van der Waals surface area contributed by atoms with Gasteiger partial charge in [-0.25, -0.2) is 13.1 Å². The standard InChI is InChI=1S/C14H24N2O3S/c1-4-14(15,5-2)11-16-20(17,18)13-8-6-7-12(9-13)10-19-3/h6-9,16H,4-5,10-11,15H2,1-3H3. The van der Waals surface area contributed by atoms with Crippen molar-refractivity contribution < 1.29 is 13.2 Å². The molecule has 0 fully saturated rings. The van der Waals surface area contributed by atoms with Crippen LogP contribution in [0, 0.1) is 0 Å². The third-order valence-electron chi connectivity index (χ3n) is 3.54. The summed E-state index contributed by atoms with van der Waals surface area (Å²) in [6, 6.07) is 6.71. The van der Waals surface area contributed by atoms with E-state index in [2.05, 4.69) is 4.72 Å². The first-order valence-electron chi connectivity index (χ1n) is 6.73. The van der Waals surface area contributed by atoms with Gasteiger partial charge in [-0.15, -0.1) is 0 Å². The molecule has 1 aromatic rings. The number of hydrogen-bond donors (Lipinski definition) is 2. The highest BCUT2D eigenvalue weighted by Crippen LogP contribution is 2.15. The molecule has 0 radical (unpaired) electrons. The second kappa shape index (κ2) is 7.17. The molecule has 0 aliphatic carbocycles. The predicted molar refractivity (Wildman–Crippen MR) is 79.8 cm³/mol. The average Bonchev–Trinajstić information content (AvgIpc) is 2.45. The van der Waals surface area contributed by atoms with Crippen LogP contribution in [-0.4, -0.2) is 27.6 Å². The maximum absolute atomic E-state index is 12.3. The van der Waals surface area contributed by atoms with Gasteiger partial charge in [0, 0.05) is 19.2 Å². The number of benzene rings is 1. The van der Waals surface area contributed by atoms with E-state index in [1.165, 1.54) is 0 Å². The zero-order chi connectivity index (χ0) is 15.2. The second-order valence-electron chi connectivity index (χ2n) is 4.97. The molecule has 0 saturated heterocycles. The van der Waals surface area contributed by atoms with Crippen LogP contribution in [0.2, 0.25) is 0 Å². The Morgan fingerprint density at radius 3 is 2.50 bits per heavy atom. The van der Waals surface area contributed by atoms with Crippen LogP contribution in [0.15, 0.2) is 29.2 Å².